The van der Waals surface area contributed by atoms with Gasteiger partial charge in [0.1, 0.15) is 18.4 Å². The Labute approximate surface area is 229 Å². The van der Waals surface area contributed by atoms with Crippen molar-refractivity contribution >= 4 is 12.1 Å². The second-order valence-electron chi connectivity index (χ2n) is 10.3. The Hall–Kier alpha value is -3.84. The van der Waals surface area contributed by atoms with Crippen LogP contribution in [0.3, 0.4) is 0 Å². The maximum absolute atomic E-state index is 12.8. The molecular weight excluding hydrogens is 492 g/mol. The molecule has 1 saturated heterocycles. The second kappa shape index (κ2) is 12.3. The van der Waals surface area contributed by atoms with Crippen LogP contribution in [-0.4, -0.2) is 54.4 Å². The summed E-state index contributed by atoms with van der Waals surface area (Å²) in [7, 11) is 0. The number of nitrogens with one attached hydrogen (secondary N) is 1. The van der Waals surface area contributed by atoms with E-state index in [4.69, 9.17) is 9.47 Å². The molecule has 0 radical (unpaired) electrons. The van der Waals surface area contributed by atoms with Gasteiger partial charge in [-0.2, -0.15) is 0 Å². The Morgan fingerprint density at radius 1 is 0.974 bits per heavy atom. The van der Waals surface area contributed by atoms with Crippen molar-refractivity contribution in [1.82, 2.24) is 10.2 Å². The number of benzene rings is 3. The predicted octanol–water partition coefficient (Wildman–Crippen LogP) is 5.61. The highest BCUT2D eigenvalue weighted by atomic mass is 16.5. The zero-order valence-electron chi connectivity index (χ0n) is 22.4. The molecule has 3 aromatic rings. The van der Waals surface area contributed by atoms with Gasteiger partial charge < -0.3 is 19.9 Å². The van der Waals surface area contributed by atoms with Crippen LogP contribution in [-0.2, 0) is 22.5 Å². The molecule has 1 unspecified atom stereocenters. The minimum Gasteiger partial charge on any atom is -0.494 e. The van der Waals surface area contributed by atoms with E-state index in [1.807, 2.05) is 49.4 Å². The van der Waals surface area contributed by atoms with E-state index >= 15 is 0 Å². The molecule has 7 nitrogen and oxygen atoms in total. The lowest BCUT2D eigenvalue weighted by Gasteiger charge is -2.27. The lowest BCUT2D eigenvalue weighted by molar-refractivity contribution is -0.139. The van der Waals surface area contributed by atoms with Crippen LogP contribution in [0.4, 0.5) is 4.79 Å². The number of carbonyl (C=O) groups is 2. The number of hydrogen-bond acceptors (Lipinski definition) is 5. The maximum atomic E-state index is 12.8. The first kappa shape index (κ1) is 26.8. The third-order valence-electron chi connectivity index (χ3n) is 7.64. The van der Waals surface area contributed by atoms with Crippen LogP contribution in [0.25, 0.3) is 11.1 Å². The fourth-order valence-corrected chi connectivity index (χ4v) is 5.76. The molecule has 2 aliphatic rings. The van der Waals surface area contributed by atoms with Gasteiger partial charge in [-0.3, -0.25) is 4.90 Å². The van der Waals surface area contributed by atoms with Crippen molar-refractivity contribution in [3.05, 3.63) is 89.0 Å². The number of nitrogens with zero attached hydrogens (tertiary/aromatic N) is 1. The lowest BCUT2D eigenvalue weighted by atomic mass is 9.98. The Bertz CT molecular complexity index is 1270. The molecule has 1 fully saturated rings. The van der Waals surface area contributed by atoms with Gasteiger partial charge in [0.05, 0.1) is 6.61 Å². The van der Waals surface area contributed by atoms with Gasteiger partial charge in [0.15, 0.2) is 0 Å². The maximum Gasteiger partial charge on any atom is 0.407 e. The van der Waals surface area contributed by atoms with Crippen LogP contribution >= 0.6 is 0 Å². The number of carbonyl (C=O) groups excluding carboxylic acids is 1. The van der Waals surface area contributed by atoms with Crippen LogP contribution in [0, 0.1) is 0 Å². The molecule has 0 spiro atoms. The van der Waals surface area contributed by atoms with Gasteiger partial charge in [0.25, 0.3) is 0 Å². The van der Waals surface area contributed by atoms with Crippen molar-refractivity contribution in [2.75, 3.05) is 26.3 Å². The largest absolute Gasteiger partial charge is 0.494 e. The number of aliphatic carboxylic acids is 1. The van der Waals surface area contributed by atoms with Crippen molar-refractivity contribution in [2.45, 2.75) is 51.1 Å². The number of amides is 1. The third kappa shape index (κ3) is 6.25. The van der Waals surface area contributed by atoms with Gasteiger partial charge in [-0.05, 0) is 66.7 Å². The minimum atomic E-state index is -1.11. The van der Waals surface area contributed by atoms with E-state index < -0.39 is 18.1 Å². The Kier molecular flexibility index (Phi) is 8.47. The molecule has 204 valence electrons. The fraction of sp³-hybridized carbons (Fsp3) is 0.375. The summed E-state index contributed by atoms with van der Waals surface area (Å²) in [5.74, 6) is -0.368. The Morgan fingerprint density at radius 2 is 1.64 bits per heavy atom. The smallest absolute Gasteiger partial charge is 0.407 e. The number of carboxylic acids is 1. The normalized spacial score (nSPS) is 15.7. The van der Waals surface area contributed by atoms with Crippen molar-refractivity contribution < 1.29 is 24.2 Å². The number of alkyl carbamates (subject to hydrolysis) is 1. The molecule has 1 amide bonds. The second-order valence-corrected chi connectivity index (χ2v) is 10.3. The van der Waals surface area contributed by atoms with Gasteiger partial charge in [-0.1, -0.05) is 67.1 Å². The zero-order valence-corrected chi connectivity index (χ0v) is 22.4. The van der Waals surface area contributed by atoms with E-state index in [0.717, 1.165) is 58.8 Å². The van der Waals surface area contributed by atoms with Crippen molar-refractivity contribution in [2.24, 2.45) is 0 Å². The first-order valence-corrected chi connectivity index (χ1v) is 13.8. The van der Waals surface area contributed by atoms with Crippen molar-refractivity contribution in [1.29, 1.82) is 0 Å². The van der Waals surface area contributed by atoms with E-state index in [1.165, 1.54) is 19.3 Å². The average molecular weight is 529 g/mol. The van der Waals surface area contributed by atoms with Crippen LogP contribution in [0.1, 0.15) is 54.4 Å². The summed E-state index contributed by atoms with van der Waals surface area (Å²) in [4.78, 5) is 27.3. The summed E-state index contributed by atoms with van der Waals surface area (Å²) < 4.78 is 11.4. The molecule has 2 N–H and O–H groups in total. The van der Waals surface area contributed by atoms with Crippen LogP contribution in [0.2, 0.25) is 0 Å². The van der Waals surface area contributed by atoms with E-state index in [2.05, 4.69) is 34.5 Å². The zero-order chi connectivity index (χ0) is 27.2. The molecule has 1 heterocycles. The summed E-state index contributed by atoms with van der Waals surface area (Å²) in [6.07, 6.45) is 3.06. The Morgan fingerprint density at radius 3 is 2.28 bits per heavy atom. The molecule has 1 atom stereocenters. The van der Waals surface area contributed by atoms with Crippen molar-refractivity contribution in [3.8, 4) is 16.9 Å². The summed E-state index contributed by atoms with van der Waals surface area (Å²) in [6, 6.07) is 20.9. The summed E-state index contributed by atoms with van der Waals surface area (Å²) in [5, 5.41) is 12.5. The van der Waals surface area contributed by atoms with Crippen LogP contribution in [0.5, 0.6) is 5.75 Å². The molecule has 7 heteroatoms. The first-order valence-electron chi connectivity index (χ1n) is 13.8. The van der Waals surface area contributed by atoms with Gasteiger partial charge in [0.2, 0.25) is 0 Å². The quantitative estimate of drug-likeness (QED) is 0.356. The highest BCUT2D eigenvalue weighted by Crippen LogP contribution is 2.44. The number of hydrogen-bond donors (Lipinski definition) is 2. The van der Waals surface area contributed by atoms with Crippen LogP contribution < -0.4 is 10.1 Å². The molecule has 1 aliphatic heterocycles. The summed E-state index contributed by atoms with van der Waals surface area (Å²) in [6.45, 7) is 5.52. The number of ether oxygens (including phenoxy) is 2. The summed E-state index contributed by atoms with van der Waals surface area (Å²) >= 11 is 0. The predicted molar refractivity (Wildman–Crippen MR) is 150 cm³/mol. The highest BCUT2D eigenvalue weighted by molar-refractivity contribution is 5.81. The molecule has 0 bridgehead atoms. The standard InChI is InChI=1S/C32H36N2O5/c1-2-38-30-15-14-22(18-23(30)20-34-16-8-3-9-17-34)19-29(31(35)36)33-32(37)39-21-28-26-12-6-4-10-24(26)25-11-5-7-13-27(25)28/h4-7,10-15,18,28-29H,2-3,8-9,16-17,19-21H2,1H3,(H,33,37)(H,35,36). The van der Waals surface area contributed by atoms with Crippen molar-refractivity contribution in [3.63, 3.8) is 0 Å². The summed E-state index contributed by atoms with van der Waals surface area (Å²) in [5.41, 5.74) is 6.37. The molecule has 1 aliphatic carbocycles. The fourth-order valence-electron chi connectivity index (χ4n) is 5.76. The van der Waals surface area contributed by atoms with E-state index in [0.29, 0.717) is 6.61 Å². The topological polar surface area (TPSA) is 88.1 Å². The monoisotopic (exact) mass is 528 g/mol. The average Bonchev–Trinajstić information content (AvgIpc) is 3.27. The van der Waals surface area contributed by atoms with Gasteiger partial charge in [-0.25, -0.2) is 9.59 Å². The number of rotatable bonds is 10. The molecule has 39 heavy (non-hydrogen) atoms. The molecule has 0 saturated carbocycles. The highest BCUT2D eigenvalue weighted by Gasteiger charge is 2.30. The van der Waals surface area contributed by atoms with Gasteiger partial charge in [0, 0.05) is 24.4 Å². The molecular formula is C32H36N2O5. The molecule has 5 rings (SSSR count). The Balaban J connectivity index is 1.24. The van der Waals surface area contributed by atoms with E-state index in [-0.39, 0.29) is 18.9 Å². The SMILES string of the molecule is CCOc1ccc(CC(NC(=O)OCC2c3ccccc3-c3ccccc32)C(=O)O)cc1CN1CCCCC1. The van der Waals surface area contributed by atoms with E-state index in [9.17, 15) is 14.7 Å². The number of fused-ring (bicyclic) bond motifs is 3. The van der Waals surface area contributed by atoms with Crippen LogP contribution in [0.15, 0.2) is 66.7 Å². The molecule has 3 aromatic carbocycles. The van der Waals surface area contributed by atoms with Gasteiger partial charge in [-0.15, -0.1) is 0 Å². The minimum absolute atomic E-state index is 0.0881. The third-order valence-corrected chi connectivity index (χ3v) is 7.64. The number of carboxylic acid groups (broad SMARTS) is 1. The molecule has 0 aromatic heterocycles. The van der Waals surface area contributed by atoms with E-state index in [1.54, 1.807) is 0 Å². The lowest BCUT2D eigenvalue weighted by Crippen LogP contribution is -2.43. The number of likely N-dealkylation sites (tertiary alicyclic amines) is 1. The first-order chi connectivity index (χ1) is 19.0. The van der Waals surface area contributed by atoms with Gasteiger partial charge >= 0.3 is 12.1 Å². The number of piperidine rings is 1.